The molecule has 0 spiro atoms. The van der Waals surface area contributed by atoms with E-state index in [4.69, 9.17) is 0 Å². The number of hydrogen-bond donors (Lipinski definition) is 2. The zero-order valence-corrected chi connectivity index (χ0v) is 19.9. The van der Waals surface area contributed by atoms with Gasteiger partial charge in [0.2, 0.25) is 5.56 Å². The average molecular weight is 504 g/mol. The molecule has 190 valence electrons. The normalized spacial score (nSPS) is 18.8. The van der Waals surface area contributed by atoms with E-state index in [0.717, 1.165) is 6.20 Å². The Hall–Kier alpha value is -3.73. The lowest BCUT2D eigenvalue weighted by atomic mass is 10.0. The molecule has 3 aromatic rings. The van der Waals surface area contributed by atoms with E-state index in [2.05, 4.69) is 20.2 Å². The summed E-state index contributed by atoms with van der Waals surface area (Å²) in [5.74, 6) is -1.63. The third kappa shape index (κ3) is 5.11. The summed E-state index contributed by atoms with van der Waals surface area (Å²) in [4.78, 5) is 34.7. The molecule has 7 nitrogen and oxygen atoms in total. The van der Waals surface area contributed by atoms with E-state index in [-0.39, 0.29) is 23.3 Å². The molecule has 0 unspecified atom stereocenters. The van der Waals surface area contributed by atoms with E-state index >= 15 is 4.39 Å². The predicted octanol–water partition coefficient (Wildman–Crippen LogP) is 4.38. The number of carbonyl (C=O) groups excluding carboxylic acids is 1. The molecular formula is C25H25F4N5O2. The Kier molecular flexibility index (Phi) is 6.85. The molecule has 36 heavy (non-hydrogen) atoms. The highest BCUT2D eigenvalue weighted by Crippen LogP contribution is 2.37. The third-order valence-corrected chi connectivity index (χ3v) is 6.50. The number of amides is 1. The van der Waals surface area contributed by atoms with Crippen molar-refractivity contribution in [2.45, 2.75) is 32.1 Å². The zero-order valence-electron chi connectivity index (χ0n) is 19.9. The number of rotatable bonds is 4. The summed E-state index contributed by atoms with van der Waals surface area (Å²) >= 11 is 0. The van der Waals surface area contributed by atoms with E-state index in [0.29, 0.717) is 30.4 Å². The Labute approximate surface area is 204 Å². The molecular weight excluding hydrogens is 478 g/mol. The summed E-state index contributed by atoms with van der Waals surface area (Å²) in [5.41, 5.74) is -1.94. The highest BCUT2D eigenvalue weighted by atomic mass is 19.4. The van der Waals surface area contributed by atoms with Crippen molar-refractivity contribution < 1.29 is 22.4 Å². The Balaban J connectivity index is 1.81. The minimum atomic E-state index is -4.92. The third-order valence-electron chi connectivity index (χ3n) is 6.50. The first-order valence-electron chi connectivity index (χ1n) is 11.3. The molecule has 2 N–H and O–H groups in total. The summed E-state index contributed by atoms with van der Waals surface area (Å²) in [6, 6.07) is 6.43. The Morgan fingerprint density at radius 2 is 1.75 bits per heavy atom. The SMILES string of the molecule is C[C@@H]1CN(c2cc(F)c(-c3ccncc3)cc2NC(=O)c2c[nH]c(=O)cc2C(F)(F)F)C[C@H](C)N1C. The van der Waals surface area contributed by atoms with Crippen LogP contribution in [0.25, 0.3) is 11.1 Å². The summed E-state index contributed by atoms with van der Waals surface area (Å²) in [6.45, 7) is 5.06. The van der Waals surface area contributed by atoms with Crippen LogP contribution >= 0.6 is 0 Å². The highest BCUT2D eigenvalue weighted by Gasteiger charge is 2.36. The first-order chi connectivity index (χ1) is 17.0. The number of halogens is 4. The molecule has 1 fully saturated rings. The minimum Gasteiger partial charge on any atom is -0.367 e. The van der Waals surface area contributed by atoms with Crippen LogP contribution in [0.2, 0.25) is 0 Å². The van der Waals surface area contributed by atoms with E-state index in [9.17, 15) is 22.8 Å². The lowest BCUT2D eigenvalue weighted by Gasteiger charge is -2.44. The van der Waals surface area contributed by atoms with Gasteiger partial charge in [-0.1, -0.05) is 0 Å². The first kappa shape index (κ1) is 25.4. The summed E-state index contributed by atoms with van der Waals surface area (Å²) < 4.78 is 56.0. The molecule has 0 aliphatic carbocycles. The van der Waals surface area contributed by atoms with Gasteiger partial charge in [-0.3, -0.25) is 19.5 Å². The molecule has 0 bridgehead atoms. The van der Waals surface area contributed by atoms with Gasteiger partial charge < -0.3 is 15.2 Å². The van der Waals surface area contributed by atoms with Gasteiger partial charge in [0.25, 0.3) is 5.91 Å². The number of likely N-dealkylation sites (N-methyl/N-ethyl adjacent to an activating group) is 1. The highest BCUT2D eigenvalue weighted by molar-refractivity contribution is 6.07. The van der Waals surface area contributed by atoms with Crippen molar-refractivity contribution in [3.8, 4) is 11.1 Å². The quantitative estimate of drug-likeness (QED) is 0.517. The summed E-state index contributed by atoms with van der Waals surface area (Å²) in [7, 11) is 1.98. The van der Waals surface area contributed by atoms with E-state index in [1.807, 2.05) is 25.8 Å². The molecule has 1 aromatic carbocycles. The molecule has 3 heterocycles. The second-order valence-corrected chi connectivity index (χ2v) is 8.93. The molecule has 0 radical (unpaired) electrons. The van der Waals surface area contributed by atoms with Crippen LogP contribution in [0.3, 0.4) is 0 Å². The molecule has 2 aromatic heterocycles. The van der Waals surface area contributed by atoms with E-state index in [1.54, 1.807) is 12.1 Å². The molecule has 4 rings (SSSR count). The molecule has 1 saturated heterocycles. The number of piperazine rings is 1. The van der Waals surface area contributed by atoms with Gasteiger partial charge in [0.1, 0.15) is 5.82 Å². The monoisotopic (exact) mass is 503 g/mol. The van der Waals surface area contributed by atoms with Gasteiger partial charge in [0, 0.05) is 55.4 Å². The van der Waals surface area contributed by atoms with Gasteiger partial charge in [-0.25, -0.2) is 4.39 Å². The second kappa shape index (κ2) is 9.73. The van der Waals surface area contributed by atoms with Crippen LogP contribution in [-0.2, 0) is 6.18 Å². The zero-order chi connectivity index (χ0) is 26.2. The van der Waals surface area contributed by atoms with Gasteiger partial charge in [-0.15, -0.1) is 0 Å². The fourth-order valence-corrected chi connectivity index (χ4v) is 4.36. The van der Waals surface area contributed by atoms with Crippen LogP contribution in [0.1, 0.15) is 29.8 Å². The van der Waals surface area contributed by atoms with E-state index in [1.165, 1.54) is 24.5 Å². The molecule has 1 aliphatic rings. The number of benzene rings is 1. The van der Waals surface area contributed by atoms with Gasteiger partial charge in [0.05, 0.1) is 22.5 Å². The maximum Gasteiger partial charge on any atom is 0.417 e. The largest absolute Gasteiger partial charge is 0.417 e. The van der Waals surface area contributed by atoms with Crippen LogP contribution in [-0.4, -0.2) is 53.0 Å². The van der Waals surface area contributed by atoms with Crippen LogP contribution in [0, 0.1) is 5.82 Å². The van der Waals surface area contributed by atoms with Gasteiger partial charge in [-0.2, -0.15) is 13.2 Å². The smallest absolute Gasteiger partial charge is 0.367 e. The lowest BCUT2D eigenvalue weighted by molar-refractivity contribution is -0.138. The van der Waals surface area contributed by atoms with Crippen molar-refractivity contribution >= 4 is 17.3 Å². The Bertz CT molecular complexity index is 1310. The summed E-state index contributed by atoms with van der Waals surface area (Å²) in [5, 5.41) is 2.54. The van der Waals surface area contributed by atoms with Crippen molar-refractivity contribution in [3.63, 3.8) is 0 Å². The number of anilines is 2. The number of aromatic nitrogens is 2. The average Bonchev–Trinajstić information content (AvgIpc) is 2.83. The van der Waals surface area contributed by atoms with Crippen molar-refractivity contribution in [2.75, 3.05) is 30.4 Å². The van der Waals surface area contributed by atoms with Gasteiger partial charge in [-0.05, 0) is 50.7 Å². The number of nitrogens with zero attached hydrogens (tertiary/aromatic N) is 3. The van der Waals surface area contributed by atoms with Gasteiger partial charge in [0.15, 0.2) is 0 Å². The standard InChI is InChI=1S/C25H25F4N5O2/c1-14-12-34(13-15(2)33(14)3)22-10-20(26)17(16-4-6-30-7-5-16)8-21(22)32-24(36)18-11-31-23(35)9-19(18)25(27,28)29/h4-11,14-15H,12-13H2,1-3H3,(H,31,35)(H,32,36)/t14-,15+. The van der Waals surface area contributed by atoms with Crippen LogP contribution in [0.4, 0.5) is 28.9 Å². The van der Waals surface area contributed by atoms with Crippen LogP contribution in [0.5, 0.6) is 0 Å². The molecule has 1 amide bonds. The Morgan fingerprint density at radius 3 is 2.36 bits per heavy atom. The molecule has 11 heteroatoms. The molecule has 2 atom stereocenters. The number of carbonyl (C=O) groups is 1. The lowest BCUT2D eigenvalue weighted by Crippen LogP contribution is -2.55. The number of aromatic amines is 1. The van der Waals surface area contributed by atoms with Gasteiger partial charge >= 0.3 is 6.18 Å². The predicted molar refractivity (Wildman–Crippen MR) is 129 cm³/mol. The Morgan fingerprint density at radius 1 is 1.11 bits per heavy atom. The minimum absolute atomic E-state index is 0.108. The van der Waals surface area contributed by atoms with Crippen molar-refractivity contribution in [2.24, 2.45) is 0 Å². The first-order valence-corrected chi connectivity index (χ1v) is 11.3. The van der Waals surface area contributed by atoms with E-state index < -0.39 is 34.6 Å². The van der Waals surface area contributed by atoms with Crippen molar-refractivity contribution in [3.05, 3.63) is 76.2 Å². The summed E-state index contributed by atoms with van der Waals surface area (Å²) in [6.07, 6.45) is -1.22. The van der Waals surface area contributed by atoms with Crippen molar-refractivity contribution in [1.82, 2.24) is 14.9 Å². The van der Waals surface area contributed by atoms with Crippen molar-refractivity contribution in [1.29, 1.82) is 0 Å². The van der Waals surface area contributed by atoms with Crippen LogP contribution in [0.15, 0.2) is 53.7 Å². The second-order valence-electron chi connectivity index (χ2n) is 8.93. The fraction of sp³-hybridized carbons (Fsp3) is 0.320. The number of hydrogen-bond acceptors (Lipinski definition) is 5. The topological polar surface area (TPSA) is 81.3 Å². The number of alkyl halides is 3. The fourth-order valence-electron chi connectivity index (χ4n) is 4.36. The molecule has 0 saturated carbocycles. The molecule has 1 aliphatic heterocycles. The van der Waals surface area contributed by atoms with Crippen LogP contribution < -0.4 is 15.8 Å². The number of nitrogens with one attached hydrogen (secondary N) is 2. The maximum absolute atomic E-state index is 15.3. The number of H-pyrrole nitrogens is 1. The number of pyridine rings is 2. The maximum atomic E-state index is 15.3.